The van der Waals surface area contributed by atoms with E-state index >= 15 is 0 Å². The van der Waals surface area contributed by atoms with Crippen molar-refractivity contribution in [2.24, 2.45) is 10.9 Å². The number of nitrogens with one attached hydrogen (secondary N) is 1. The Morgan fingerprint density at radius 1 is 1.59 bits per heavy atom. The molecule has 1 aliphatic rings. The first-order valence-corrected chi connectivity index (χ1v) is 6.71. The van der Waals surface area contributed by atoms with Crippen LogP contribution in [0, 0.1) is 0 Å². The summed E-state index contributed by atoms with van der Waals surface area (Å²) in [5.41, 5.74) is 5.30. The summed E-state index contributed by atoms with van der Waals surface area (Å²) >= 11 is 0. The third-order valence-electron chi connectivity index (χ3n) is 2.30. The highest BCUT2D eigenvalue weighted by Gasteiger charge is 2.25. The van der Waals surface area contributed by atoms with Crippen molar-refractivity contribution in [3.05, 3.63) is 0 Å². The van der Waals surface area contributed by atoms with E-state index in [-0.39, 0.29) is 12.3 Å². The predicted octanol–water partition coefficient (Wildman–Crippen LogP) is -1.32. The van der Waals surface area contributed by atoms with Gasteiger partial charge in [0.15, 0.2) is 0 Å². The number of morpholine rings is 1. The molecule has 0 saturated carbocycles. The second kappa shape index (κ2) is 6.15. The lowest BCUT2D eigenvalue weighted by Crippen LogP contribution is -2.49. The number of nitrogens with two attached hydrogens (primary N) is 1. The van der Waals surface area contributed by atoms with E-state index in [0.29, 0.717) is 26.3 Å². The molecule has 1 saturated heterocycles. The Morgan fingerprint density at radius 3 is 2.71 bits per heavy atom. The van der Waals surface area contributed by atoms with Gasteiger partial charge in [-0.05, 0) is 6.92 Å². The van der Waals surface area contributed by atoms with Crippen LogP contribution in [-0.4, -0.2) is 56.1 Å². The van der Waals surface area contributed by atoms with E-state index in [1.807, 2.05) is 0 Å². The Balaban J connectivity index is 2.53. The normalized spacial score (nSPS) is 21.4. The molecule has 1 heterocycles. The fourth-order valence-electron chi connectivity index (χ4n) is 1.51. The molecule has 1 unspecified atom stereocenters. The van der Waals surface area contributed by atoms with E-state index in [1.54, 1.807) is 6.92 Å². The Labute approximate surface area is 101 Å². The third kappa shape index (κ3) is 4.46. The molecule has 17 heavy (non-hydrogen) atoms. The van der Waals surface area contributed by atoms with Crippen molar-refractivity contribution in [2.75, 3.05) is 26.3 Å². The highest BCUT2D eigenvalue weighted by atomic mass is 32.2. The SMILES string of the molecule is CC(CC(N)=NO)NS(=O)(=O)N1CCOCC1. The summed E-state index contributed by atoms with van der Waals surface area (Å²) in [6, 6.07) is -0.432. The lowest BCUT2D eigenvalue weighted by Gasteiger charge is -2.27. The van der Waals surface area contributed by atoms with Crippen LogP contribution < -0.4 is 10.5 Å². The van der Waals surface area contributed by atoms with E-state index in [2.05, 4.69) is 9.88 Å². The number of rotatable bonds is 5. The second-order valence-corrected chi connectivity index (χ2v) is 5.53. The zero-order valence-electron chi connectivity index (χ0n) is 9.66. The summed E-state index contributed by atoms with van der Waals surface area (Å²) in [4.78, 5) is 0. The third-order valence-corrected chi connectivity index (χ3v) is 4.05. The van der Waals surface area contributed by atoms with Crippen molar-refractivity contribution >= 4 is 16.0 Å². The van der Waals surface area contributed by atoms with E-state index in [0.717, 1.165) is 0 Å². The van der Waals surface area contributed by atoms with Crippen LogP contribution in [0.3, 0.4) is 0 Å². The molecule has 1 atom stereocenters. The molecule has 0 aromatic rings. The van der Waals surface area contributed by atoms with Gasteiger partial charge in [0, 0.05) is 25.6 Å². The van der Waals surface area contributed by atoms with Gasteiger partial charge in [-0.2, -0.15) is 17.4 Å². The second-order valence-electron chi connectivity index (χ2n) is 3.83. The number of hydrogen-bond acceptors (Lipinski definition) is 5. The van der Waals surface area contributed by atoms with Gasteiger partial charge in [0.1, 0.15) is 5.84 Å². The quantitative estimate of drug-likeness (QED) is 0.247. The molecule has 9 heteroatoms. The summed E-state index contributed by atoms with van der Waals surface area (Å²) in [7, 11) is -3.53. The topological polar surface area (TPSA) is 117 Å². The first-order valence-electron chi connectivity index (χ1n) is 5.27. The number of oxime groups is 1. The molecule has 0 amide bonds. The van der Waals surface area contributed by atoms with Gasteiger partial charge < -0.3 is 15.7 Å². The fraction of sp³-hybridized carbons (Fsp3) is 0.875. The first-order chi connectivity index (χ1) is 7.95. The molecule has 0 bridgehead atoms. The fourth-order valence-corrected chi connectivity index (χ4v) is 2.88. The van der Waals surface area contributed by atoms with E-state index in [4.69, 9.17) is 15.7 Å². The summed E-state index contributed by atoms with van der Waals surface area (Å²) in [6.07, 6.45) is 0.153. The molecule has 0 aromatic heterocycles. The number of ether oxygens (including phenoxy) is 1. The zero-order valence-corrected chi connectivity index (χ0v) is 10.5. The molecular weight excluding hydrogens is 248 g/mol. The average Bonchev–Trinajstić information content (AvgIpc) is 2.29. The van der Waals surface area contributed by atoms with Crippen LogP contribution in [-0.2, 0) is 14.9 Å². The maximum Gasteiger partial charge on any atom is 0.279 e. The van der Waals surface area contributed by atoms with E-state index in [1.165, 1.54) is 4.31 Å². The maximum atomic E-state index is 11.9. The van der Waals surface area contributed by atoms with Crippen molar-refractivity contribution < 1.29 is 18.4 Å². The van der Waals surface area contributed by atoms with Crippen molar-refractivity contribution in [1.29, 1.82) is 0 Å². The lowest BCUT2D eigenvalue weighted by molar-refractivity contribution is 0.0723. The molecule has 1 rings (SSSR count). The highest BCUT2D eigenvalue weighted by Crippen LogP contribution is 2.04. The summed E-state index contributed by atoms with van der Waals surface area (Å²) in [5, 5.41) is 11.2. The van der Waals surface area contributed by atoms with Crippen LogP contribution in [0.5, 0.6) is 0 Å². The van der Waals surface area contributed by atoms with Gasteiger partial charge >= 0.3 is 0 Å². The van der Waals surface area contributed by atoms with Crippen LogP contribution in [0.2, 0.25) is 0 Å². The minimum absolute atomic E-state index is 0.0119. The van der Waals surface area contributed by atoms with Crippen LogP contribution in [0.15, 0.2) is 5.16 Å². The minimum Gasteiger partial charge on any atom is -0.409 e. The predicted molar refractivity (Wildman–Crippen MR) is 61.9 cm³/mol. The first kappa shape index (κ1) is 14.2. The van der Waals surface area contributed by atoms with Crippen LogP contribution >= 0.6 is 0 Å². The number of hydrogen-bond donors (Lipinski definition) is 3. The van der Waals surface area contributed by atoms with Gasteiger partial charge in [-0.25, -0.2) is 0 Å². The monoisotopic (exact) mass is 266 g/mol. The minimum atomic E-state index is -3.53. The van der Waals surface area contributed by atoms with Crippen molar-refractivity contribution in [2.45, 2.75) is 19.4 Å². The number of amidine groups is 1. The smallest absolute Gasteiger partial charge is 0.279 e. The summed E-state index contributed by atoms with van der Waals surface area (Å²) in [6.45, 7) is 3.12. The van der Waals surface area contributed by atoms with Crippen molar-refractivity contribution in [1.82, 2.24) is 9.03 Å². The van der Waals surface area contributed by atoms with E-state index < -0.39 is 16.3 Å². The Hall–Kier alpha value is -0.900. The van der Waals surface area contributed by atoms with Gasteiger partial charge in [0.05, 0.1) is 13.2 Å². The van der Waals surface area contributed by atoms with Crippen LogP contribution in [0.1, 0.15) is 13.3 Å². The molecule has 8 nitrogen and oxygen atoms in total. The molecule has 100 valence electrons. The molecule has 0 aromatic carbocycles. The Kier molecular flexibility index (Phi) is 5.12. The molecule has 0 aliphatic carbocycles. The van der Waals surface area contributed by atoms with Gasteiger partial charge in [-0.15, -0.1) is 0 Å². The largest absolute Gasteiger partial charge is 0.409 e. The Bertz CT molecular complexity index is 364. The van der Waals surface area contributed by atoms with Gasteiger partial charge in [0.25, 0.3) is 10.2 Å². The zero-order chi connectivity index (χ0) is 12.9. The molecule has 0 radical (unpaired) electrons. The van der Waals surface area contributed by atoms with Gasteiger partial charge in [-0.1, -0.05) is 5.16 Å². The van der Waals surface area contributed by atoms with Crippen LogP contribution in [0.25, 0.3) is 0 Å². The Morgan fingerprint density at radius 2 is 2.18 bits per heavy atom. The lowest BCUT2D eigenvalue weighted by atomic mass is 10.2. The molecule has 1 aliphatic heterocycles. The molecule has 1 fully saturated rings. The van der Waals surface area contributed by atoms with Crippen molar-refractivity contribution in [3.63, 3.8) is 0 Å². The summed E-state index contributed by atoms with van der Waals surface area (Å²) in [5.74, 6) is -0.0119. The average molecular weight is 266 g/mol. The maximum absolute atomic E-state index is 11.9. The van der Waals surface area contributed by atoms with Crippen molar-refractivity contribution in [3.8, 4) is 0 Å². The van der Waals surface area contributed by atoms with Crippen LogP contribution in [0.4, 0.5) is 0 Å². The van der Waals surface area contributed by atoms with E-state index in [9.17, 15) is 8.42 Å². The molecular formula is C8H18N4O4S. The molecule has 4 N–H and O–H groups in total. The van der Waals surface area contributed by atoms with Gasteiger partial charge in [-0.3, -0.25) is 0 Å². The van der Waals surface area contributed by atoms with Gasteiger partial charge in [0.2, 0.25) is 0 Å². The number of nitrogens with zero attached hydrogens (tertiary/aromatic N) is 2. The molecule has 0 spiro atoms. The highest BCUT2D eigenvalue weighted by molar-refractivity contribution is 7.87. The summed E-state index contributed by atoms with van der Waals surface area (Å²) < 4.78 is 32.6. The standard InChI is InChI=1S/C8H18N4O4S/c1-7(6-8(9)10-13)11-17(14,15)12-2-4-16-5-3-12/h7,11,13H,2-6H2,1H3,(H2,9,10).